The van der Waals surface area contributed by atoms with E-state index in [1.807, 2.05) is 0 Å². The van der Waals surface area contributed by atoms with Crippen molar-refractivity contribution >= 4 is 11.7 Å². The van der Waals surface area contributed by atoms with Gasteiger partial charge in [0, 0.05) is 32.5 Å². The molecule has 2 aliphatic rings. The number of likely N-dealkylation sites (tertiary alicyclic amines) is 1. The molecule has 0 N–H and O–H groups in total. The van der Waals surface area contributed by atoms with Crippen LogP contribution < -0.4 is 0 Å². The van der Waals surface area contributed by atoms with Gasteiger partial charge in [-0.1, -0.05) is 0 Å². The van der Waals surface area contributed by atoms with Crippen molar-refractivity contribution in [1.82, 2.24) is 4.90 Å². The monoisotopic (exact) mass is 227 g/mol. The van der Waals surface area contributed by atoms with E-state index in [-0.39, 0.29) is 24.4 Å². The number of carbonyl (C=O) groups is 2. The Morgan fingerprint density at radius 1 is 1.44 bits per heavy atom. The van der Waals surface area contributed by atoms with E-state index < -0.39 is 0 Å². The molecule has 0 radical (unpaired) electrons. The molecule has 2 aliphatic heterocycles. The van der Waals surface area contributed by atoms with Gasteiger partial charge >= 0.3 is 0 Å². The number of amides is 1. The van der Waals surface area contributed by atoms with Gasteiger partial charge in [0.2, 0.25) is 5.91 Å². The standard InChI is InChI=1S/C11H17NO4/c13-9-1-4-12(5-2-9)11(14)8-16-10-3-6-15-7-10/h10H,1-8H2. The summed E-state index contributed by atoms with van der Waals surface area (Å²) < 4.78 is 10.6. The average Bonchev–Trinajstić information content (AvgIpc) is 2.80. The topological polar surface area (TPSA) is 55.8 Å². The Morgan fingerprint density at radius 2 is 2.19 bits per heavy atom. The molecule has 16 heavy (non-hydrogen) atoms. The molecule has 0 spiro atoms. The second kappa shape index (κ2) is 5.41. The van der Waals surface area contributed by atoms with Crippen molar-refractivity contribution in [2.24, 2.45) is 0 Å². The minimum atomic E-state index is -0.0144. The molecule has 0 saturated carbocycles. The van der Waals surface area contributed by atoms with Crippen molar-refractivity contribution in [3.8, 4) is 0 Å². The number of hydrogen-bond donors (Lipinski definition) is 0. The highest BCUT2D eigenvalue weighted by atomic mass is 16.5. The lowest BCUT2D eigenvalue weighted by Gasteiger charge is -2.26. The van der Waals surface area contributed by atoms with Crippen LogP contribution in [0.1, 0.15) is 19.3 Å². The summed E-state index contributed by atoms with van der Waals surface area (Å²) in [5.74, 6) is 0.230. The summed E-state index contributed by atoms with van der Waals surface area (Å²) in [6, 6.07) is 0. The van der Waals surface area contributed by atoms with Gasteiger partial charge in [-0.25, -0.2) is 0 Å². The molecule has 0 aromatic carbocycles. The normalized spacial score (nSPS) is 26.1. The third kappa shape index (κ3) is 3.02. The number of ether oxygens (including phenoxy) is 2. The number of carbonyl (C=O) groups excluding carboxylic acids is 2. The summed E-state index contributed by atoms with van der Waals surface area (Å²) >= 11 is 0. The zero-order chi connectivity index (χ0) is 11.4. The van der Waals surface area contributed by atoms with Crippen molar-refractivity contribution in [3.63, 3.8) is 0 Å². The number of Topliss-reactive ketones (excluding diaryl/α,β-unsaturated/α-hetero) is 1. The average molecular weight is 227 g/mol. The molecule has 5 heteroatoms. The van der Waals surface area contributed by atoms with E-state index in [9.17, 15) is 9.59 Å². The van der Waals surface area contributed by atoms with E-state index in [1.165, 1.54) is 0 Å². The van der Waals surface area contributed by atoms with E-state index in [2.05, 4.69) is 0 Å². The molecule has 2 rings (SSSR count). The van der Waals surface area contributed by atoms with E-state index in [0.29, 0.717) is 32.5 Å². The summed E-state index contributed by atoms with van der Waals surface area (Å²) in [7, 11) is 0. The van der Waals surface area contributed by atoms with Gasteiger partial charge in [0.1, 0.15) is 12.4 Å². The summed E-state index contributed by atoms with van der Waals surface area (Å²) in [4.78, 5) is 24.4. The number of hydrogen-bond acceptors (Lipinski definition) is 4. The Morgan fingerprint density at radius 3 is 2.81 bits per heavy atom. The van der Waals surface area contributed by atoms with Crippen molar-refractivity contribution in [2.75, 3.05) is 32.9 Å². The van der Waals surface area contributed by atoms with Crippen molar-refractivity contribution in [2.45, 2.75) is 25.4 Å². The van der Waals surface area contributed by atoms with Crippen LogP contribution in [0.5, 0.6) is 0 Å². The molecular weight excluding hydrogens is 210 g/mol. The van der Waals surface area contributed by atoms with Crippen LogP contribution >= 0.6 is 0 Å². The van der Waals surface area contributed by atoms with E-state index in [0.717, 1.165) is 13.0 Å². The smallest absolute Gasteiger partial charge is 0.248 e. The Labute approximate surface area is 94.7 Å². The van der Waals surface area contributed by atoms with Crippen LogP contribution in [-0.2, 0) is 19.1 Å². The Bertz CT molecular complexity index is 263. The first-order valence-corrected chi connectivity index (χ1v) is 5.74. The van der Waals surface area contributed by atoms with Gasteiger partial charge in [0.15, 0.2) is 0 Å². The van der Waals surface area contributed by atoms with Gasteiger partial charge in [-0.15, -0.1) is 0 Å². The third-order valence-electron chi connectivity index (χ3n) is 3.00. The number of nitrogens with zero attached hydrogens (tertiary/aromatic N) is 1. The SMILES string of the molecule is O=C1CCN(C(=O)COC2CCOC2)CC1. The number of piperidine rings is 1. The van der Waals surface area contributed by atoms with Gasteiger partial charge in [-0.3, -0.25) is 9.59 Å². The van der Waals surface area contributed by atoms with Gasteiger partial charge in [0.25, 0.3) is 0 Å². The minimum Gasteiger partial charge on any atom is -0.379 e. The third-order valence-corrected chi connectivity index (χ3v) is 3.00. The first-order chi connectivity index (χ1) is 7.75. The summed E-state index contributed by atoms with van der Waals surface area (Å²) in [6.45, 7) is 2.51. The first kappa shape index (κ1) is 11.5. The van der Waals surface area contributed by atoms with Gasteiger partial charge < -0.3 is 14.4 Å². The van der Waals surface area contributed by atoms with Gasteiger partial charge in [-0.2, -0.15) is 0 Å². The Hall–Kier alpha value is -0.940. The Balaban J connectivity index is 1.68. The van der Waals surface area contributed by atoms with Crippen LogP contribution in [0.25, 0.3) is 0 Å². The fourth-order valence-electron chi connectivity index (χ4n) is 1.93. The minimum absolute atomic E-state index is 0.0144. The van der Waals surface area contributed by atoms with Crippen molar-refractivity contribution < 1.29 is 19.1 Å². The van der Waals surface area contributed by atoms with E-state index >= 15 is 0 Å². The summed E-state index contributed by atoms with van der Waals surface area (Å²) in [5, 5.41) is 0. The van der Waals surface area contributed by atoms with Gasteiger partial charge in [0.05, 0.1) is 12.7 Å². The molecule has 0 bridgehead atoms. The molecule has 1 unspecified atom stereocenters. The second-order valence-corrected chi connectivity index (χ2v) is 4.22. The van der Waals surface area contributed by atoms with Crippen LogP contribution in [0.3, 0.4) is 0 Å². The maximum absolute atomic E-state index is 11.7. The summed E-state index contributed by atoms with van der Waals surface area (Å²) in [6.07, 6.45) is 1.90. The maximum atomic E-state index is 11.7. The van der Waals surface area contributed by atoms with Crippen LogP contribution in [-0.4, -0.2) is 55.6 Å². The fourth-order valence-corrected chi connectivity index (χ4v) is 1.93. The molecule has 0 aromatic heterocycles. The number of rotatable bonds is 3. The molecular formula is C11H17NO4. The Kier molecular flexibility index (Phi) is 3.90. The lowest BCUT2D eigenvalue weighted by molar-refractivity contribution is -0.140. The lowest BCUT2D eigenvalue weighted by Crippen LogP contribution is -2.41. The number of ketones is 1. The van der Waals surface area contributed by atoms with E-state index in [4.69, 9.17) is 9.47 Å². The maximum Gasteiger partial charge on any atom is 0.248 e. The summed E-state index contributed by atoms with van der Waals surface area (Å²) in [5.41, 5.74) is 0. The second-order valence-electron chi connectivity index (χ2n) is 4.22. The zero-order valence-electron chi connectivity index (χ0n) is 9.31. The van der Waals surface area contributed by atoms with Crippen LogP contribution in [0.15, 0.2) is 0 Å². The predicted molar refractivity (Wildman–Crippen MR) is 56.0 cm³/mol. The molecule has 2 saturated heterocycles. The van der Waals surface area contributed by atoms with Crippen molar-refractivity contribution in [1.29, 1.82) is 0 Å². The van der Waals surface area contributed by atoms with Crippen LogP contribution in [0.4, 0.5) is 0 Å². The molecule has 0 aromatic rings. The fraction of sp³-hybridized carbons (Fsp3) is 0.818. The largest absolute Gasteiger partial charge is 0.379 e. The highest BCUT2D eigenvalue weighted by molar-refractivity contribution is 5.83. The molecule has 2 fully saturated rings. The van der Waals surface area contributed by atoms with Crippen molar-refractivity contribution in [3.05, 3.63) is 0 Å². The first-order valence-electron chi connectivity index (χ1n) is 5.74. The molecule has 0 aliphatic carbocycles. The predicted octanol–water partition coefficient (Wildman–Crippen LogP) is -0.0166. The quantitative estimate of drug-likeness (QED) is 0.680. The van der Waals surface area contributed by atoms with Crippen LogP contribution in [0, 0.1) is 0 Å². The van der Waals surface area contributed by atoms with Gasteiger partial charge in [-0.05, 0) is 6.42 Å². The lowest BCUT2D eigenvalue weighted by atomic mass is 10.1. The highest BCUT2D eigenvalue weighted by Crippen LogP contribution is 2.10. The molecule has 2 heterocycles. The molecule has 5 nitrogen and oxygen atoms in total. The molecule has 1 amide bonds. The molecule has 90 valence electrons. The van der Waals surface area contributed by atoms with Crippen LogP contribution in [0.2, 0.25) is 0 Å². The molecule has 1 atom stereocenters. The highest BCUT2D eigenvalue weighted by Gasteiger charge is 2.23. The van der Waals surface area contributed by atoms with E-state index in [1.54, 1.807) is 4.90 Å². The zero-order valence-corrected chi connectivity index (χ0v) is 9.31.